The molecule has 4 aliphatic rings. The lowest BCUT2D eigenvalue weighted by molar-refractivity contribution is -0.0143. The zero-order valence-corrected chi connectivity index (χ0v) is 16.5. The summed E-state index contributed by atoms with van der Waals surface area (Å²) < 4.78 is 6.14. The van der Waals surface area contributed by atoms with E-state index in [1.807, 2.05) is 30.3 Å². The van der Waals surface area contributed by atoms with Gasteiger partial charge in [-0.15, -0.1) is 0 Å². The van der Waals surface area contributed by atoms with Gasteiger partial charge in [-0.1, -0.05) is 48.0 Å². The maximum Gasteiger partial charge on any atom is 0.124 e. The Bertz CT molecular complexity index is 776. The van der Waals surface area contributed by atoms with Crippen molar-refractivity contribution in [2.24, 2.45) is 23.7 Å². The molecule has 2 aromatic carbocycles. The number of nitrogens with one attached hydrogen (secondary N) is 1. The summed E-state index contributed by atoms with van der Waals surface area (Å²) in [6.07, 6.45) is 7.33. The molecule has 0 aliphatic heterocycles. The fraction of sp³-hybridized carbons (Fsp3) is 0.500. The maximum atomic E-state index is 6.27. The molecule has 4 saturated carbocycles. The summed E-state index contributed by atoms with van der Waals surface area (Å²) in [5.74, 6) is 4.82. The normalized spacial score (nSPS) is 31.2. The molecule has 4 bridgehead atoms. The summed E-state index contributed by atoms with van der Waals surface area (Å²) in [4.78, 5) is 0. The van der Waals surface area contributed by atoms with Crippen molar-refractivity contribution in [3.05, 3.63) is 64.7 Å². The second-order valence-corrected chi connectivity index (χ2v) is 9.23. The van der Waals surface area contributed by atoms with E-state index in [1.54, 1.807) is 0 Å². The number of rotatable bonds is 6. The second-order valence-electron chi connectivity index (χ2n) is 8.83. The summed E-state index contributed by atoms with van der Waals surface area (Å²) in [7, 11) is 0. The summed E-state index contributed by atoms with van der Waals surface area (Å²) >= 11 is 6.27. The van der Waals surface area contributed by atoms with Gasteiger partial charge in [-0.05, 0) is 67.9 Å². The standard InChI is InChI=1S/C24H28ClNO/c25-22-7-3-1-6-19(22)15-27-23-8-4-2-5-18(23)14-26-24-20-10-16-9-17(12-20)13-21(24)11-16/h1-8,16-17,20-21,24,26H,9-15H2. The van der Waals surface area contributed by atoms with Crippen LogP contribution in [0.3, 0.4) is 0 Å². The molecule has 0 amide bonds. The highest BCUT2D eigenvalue weighted by molar-refractivity contribution is 6.31. The van der Waals surface area contributed by atoms with Crippen LogP contribution in [-0.4, -0.2) is 6.04 Å². The van der Waals surface area contributed by atoms with E-state index in [4.69, 9.17) is 16.3 Å². The first kappa shape index (κ1) is 17.6. The molecule has 0 atom stereocenters. The summed E-state index contributed by atoms with van der Waals surface area (Å²) in [6, 6.07) is 17.0. The Morgan fingerprint density at radius 3 is 2.15 bits per heavy atom. The number of para-hydroxylation sites is 1. The van der Waals surface area contributed by atoms with Crippen LogP contribution in [0.25, 0.3) is 0 Å². The summed E-state index contributed by atoms with van der Waals surface area (Å²) in [5.41, 5.74) is 2.28. The topological polar surface area (TPSA) is 21.3 Å². The number of ether oxygens (including phenoxy) is 1. The van der Waals surface area contributed by atoms with Crippen molar-refractivity contribution in [2.45, 2.75) is 51.3 Å². The zero-order chi connectivity index (χ0) is 18.2. The van der Waals surface area contributed by atoms with Crippen LogP contribution >= 0.6 is 11.6 Å². The van der Waals surface area contributed by atoms with Crippen molar-refractivity contribution >= 4 is 11.6 Å². The van der Waals surface area contributed by atoms with E-state index in [9.17, 15) is 0 Å². The Morgan fingerprint density at radius 2 is 1.44 bits per heavy atom. The third kappa shape index (κ3) is 3.62. The molecular weight excluding hydrogens is 354 g/mol. The zero-order valence-electron chi connectivity index (χ0n) is 15.7. The number of hydrogen-bond acceptors (Lipinski definition) is 2. The largest absolute Gasteiger partial charge is 0.489 e. The van der Waals surface area contributed by atoms with Gasteiger partial charge in [-0.25, -0.2) is 0 Å². The van der Waals surface area contributed by atoms with Crippen LogP contribution in [0.15, 0.2) is 48.5 Å². The monoisotopic (exact) mass is 381 g/mol. The third-order valence-corrected chi connectivity index (χ3v) is 7.44. The van der Waals surface area contributed by atoms with Gasteiger partial charge in [0.15, 0.2) is 0 Å². The van der Waals surface area contributed by atoms with E-state index in [-0.39, 0.29) is 0 Å². The Kier molecular flexibility index (Phi) is 4.87. The lowest BCUT2D eigenvalue weighted by Crippen LogP contribution is -2.54. The predicted molar refractivity (Wildman–Crippen MR) is 110 cm³/mol. The van der Waals surface area contributed by atoms with Crippen molar-refractivity contribution in [2.75, 3.05) is 0 Å². The van der Waals surface area contributed by atoms with Crippen LogP contribution in [0.2, 0.25) is 5.02 Å². The van der Waals surface area contributed by atoms with Crippen molar-refractivity contribution in [3.63, 3.8) is 0 Å². The molecule has 0 spiro atoms. The fourth-order valence-corrected chi connectivity index (χ4v) is 6.24. The number of halogens is 1. The van der Waals surface area contributed by atoms with Crippen LogP contribution in [0.5, 0.6) is 5.75 Å². The molecule has 4 aliphatic carbocycles. The molecule has 0 heterocycles. The molecule has 2 nitrogen and oxygen atoms in total. The van der Waals surface area contributed by atoms with Crippen molar-refractivity contribution in [1.29, 1.82) is 0 Å². The van der Waals surface area contributed by atoms with E-state index < -0.39 is 0 Å². The highest BCUT2D eigenvalue weighted by atomic mass is 35.5. The highest BCUT2D eigenvalue weighted by Crippen LogP contribution is 2.53. The second kappa shape index (κ2) is 7.48. The van der Waals surface area contributed by atoms with Gasteiger partial charge in [0, 0.05) is 28.7 Å². The van der Waals surface area contributed by atoms with E-state index in [0.29, 0.717) is 12.6 Å². The van der Waals surface area contributed by atoms with E-state index in [2.05, 4.69) is 23.5 Å². The van der Waals surface area contributed by atoms with E-state index in [0.717, 1.165) is 46.6 Å². The van der Waals surface area contributed by atoms with Crippen molar-refractivity contribution < 1.29 is 4.74 Å². The summed E-state index contributed by atoms with van der Waals surface area (Å²) in [5, 5.41) is 4.69. The molecular formula is C24H28ClNO. The van der Waals surface area contributed by atoms with Crippen LogP contribution in [0.1, 0.15) is 43.2 Å². The van der Waals surface area contributed by atoms with Gasteiger partial charge < -0.3 is 10.1 Å². The average Bonchev–Trinajstić information content (AvgIpc) is 2.67. The molecule has 0 radical (unpaired) electrons. The maximum absolute atomic E-state index is 6.27. The van der Waals surface area contributed by atoms with Gasteiger partial charge >= 0.3 is 0 Å². The molecule has 2 aromatic rings. The van der Waals surface area contributed by atoms with Gasteiger partial charge in [0.05, 0.1) is 0 Å². The quantitative estimate of drug-likeness (QED) is 0.679. The molecule has 0 unspecified atom stereocenters. The number of hydrogen-bond donors (Lipinski definition) is 1. The van der Waals surface area contributed by atoms with E-state index in [1.165, 1.54) is 37.7 Å². The molecule has 1 N–H and O–H groups in total. The van der Waals surface area contributed by atoms with Crippen LogP contribution < -0.4 is 10.1 Å². The van der Waals surface area contributed by atoms with Gasteiger partial charge in [-0.2, -0.15) is 0 Å². The first-order chi connectivity index (χ1) is 13.3. The fourth-order valence-electron chi connectivity index (χ4n) is 6.05. The molecule has 4 fully saturated rings. The van der Waals surface area contributed by atoms with Crippen molar-refractivity contribution in [1.82, 2.24) is 5.32 Å². The highest BCUT2D eigenvalue weighted by Gasteiger charge is 2.47. The minimum absolute atomic E-state index is 0.509. The lowest BCUT2D eigenvalue weighted by atomic mass is 9.54. The van der Waals surface area contributed by atoms with Gasteiger partial charge in [0.2, 0.25) is 0 Å². The molecule has 0 aromatic heterocycles. The molecule has 142 valence electrons. The smallest absolute Gasteiger partial charge is 0.124 e. The van der Waals surface area contributed by atoms with Gasteiger partial charge in [-0.3, -0.25) is 0 Å². The van der Waals surface area contributed by atoms with Crippen LogP contribution in [-0.2, 0) is 13.2 Å². The minimum atomic E-state index is 0.509. The first-order valence-electron chi connectivity index (χ1n) is 10.4. The third-order valence-electron chi connectivity index (χ3n) is 7.07. The Balaban J connectivity index is 1.24. The predicted octanol–water partition coefficient (Wildman–Crippen LogP) is 5.83. The summed E-state index contributed by atoms with van der Waals surface area (Å²) in [6.45, 7) is 1.40. The Morgan fingerprint density at radius 1 is 0.815 bits per heavy atom. The van der Waals surface area contributed by atoms with Crippen molar-refractivity contribution in [3.8, 4) is 5.75 Å². The molecule has 6 rings (SSSR count). The SMILES string of the molecule is Clc1ccccc1COc1ccccc1CNC1C2CC3CC(C2)CC1C3. The van der Waals surface area contributed by atoms with Crippen LogP contribution in [0.4, 0.5) is 0 Å². The van der Waals surface area contributed by atoms with Gasteiger partial charge in [0.1, 0.15) is 12.4 Å². The molecule has 3 heteroatoms. The Labute approximate surface area is 167 Å². The molecule has 0 saturated heterocycles. The minimum Gasteiger partial charge on any atom is -0.489 e. The Hall–Kier alpha value is -1.51. The number of benzene rings is 2. The first-order valence-corrected chi connectivity index (χ1v) is 10.8. The van der Waals surface area contributed by atoms with E-state index >= 15 is 0 Å². The molecule has 27 heavy (non-hydrogen) atoms. The average molecular weight is 382 g/mol. The van der Waals surface area contributed by atoms with Gasteiger partial charge in [0.25, 0.3) is 0 Å². The van der Waals surface area contributed by atoms with Crippen LogP contribution in [0, 0.1) is 23.7 Å². The lowest BCUT2D eigenvalue weighted by Gasteiger charge is -2.54.